The quantitative estimate of drug-likeness (QED) is 0.807. The first-order valence-electron chi connectivity index (χ1n) is 6.14. The molecule has 18 heavy (non-hydrogen) atoms. The standard InChI is InChI=1S/C14H20ClNO2/c1-4-10(2)13(14(17)18-3)16-9-11-5-7-12(15)8-6-11/h5-8,10,13,16H,4,9H2,1-3H3. The van der Waals surface area contributed by atoms with Crippen molar-refractivity contribution in [3.8, 4) is 0 Å². The van der Waals surface area contributed by atoms with Gasteiger partial charge < -0.3 is 10.1 Å². The van der Waals surface area contributed by atoms with Gasteiger partial charge in [-0.15, -0.1) is 0 Å². The molecular weight excluding hydrogens is 250 g/mol. The number of ether oxygens (including phenoxy) is 1. The maximum atomic E-state index is 11.7. The third kappa shape index (κ3) is 4.31. The first kappa shape index (κ1) is 15.0. The molecule has 0 heterocycles. The van der Waals surface area contributed by atoms with Gasteiger partial charge in [0.05, 0.1) is 7.11 Å². The molecule has 0 amide bonds. The number of esters is 1. The van der Waals surface area contributed by atoms with Crippen LogP contribution in [0, 0.1) is 5.92 Å². The van der Waals surface area contributed by atoms with Crippen molar-refractivity contribution >= 4 is 17.6 Å². The highest BCUT2D eigenvalue weighted by atomic mass is 35.5. The van der Waals surface area contributed by atoms with E-state index in [4.69, 9.17) is 16.3 Å². The van der Waals surface area contributed by atoms with Gasteiger partial charge in [0.15, 0.2) is 0 Å². The monoisotopic (exact) mass is 269 g/mol. The van der Waals surface area contributed by atoms with E-state index in [0.717, 1.165) is 12.0 Å². The minimum absolute atomic E-state index is 0.210. The van der Waals surface area contributed by atoms with E-state index in [9.17, 15) is 4.79 Å². The molecule has 1 aromatic rings. The molecule has 0 aliphatic carbocycles. The van der Waals surface area contributed by atoms with Crippen molar-refractivity contribution < 1.29 is 9.53 Å². The number of nitrogens with one attached hydrogen (secondary N) is 1. The number of halogens is 1. The summed E-state index contributed by atoms with van der Waals surface area (Å²) in [6, 6.07) is 7.31. The summed E-state index contributed by atoms with van der Waals surface area (Å²) in [7, 11) is 1.42. The Morgan fingerprint density at radius 1 is 1.39 bits per heavy atom. The van der Waals surface area contributed by atoms with Crippen molar-refractivity contribution in [3.05, 3.63) is 34.9 Å². The molecule has 2 atom stereocenters. The Morgan fingerprint density at radius 3 is 2.50 bits per heavy atom. The number of benzene rings is 1. The van der Waals surface area contributed by atoms with Gasteiger partial charge in [0.2, 0.25) is 0 Å². The van der Waals surface area contributed by atoms with E-state index in [1.807, 2.05) is 31.2 Å². The van der Waals surface area contributed by atoms with Crippen LogP contribution < -0.4 is 5.32 Å². The molecule has 1 rings (SSSR count). The fraction of sp³-hybridized carbons (Fsp3) is 0.500. The Bertz CT molecular complexity index is 378. The van der Waals surface area contributed by atoms with Crippen LogP contribution in [0.5, 0.6) is 0 Å². The van der Waals surface area contributed by atoms with Gasteiger partial charge >= 0.3 is 5.97 Å². The van der Waals surface area contributed by atoms with Crippen LogP contribution in [0.15, 0.2) is 24.3 Å². The fourth-order valence-electron chi connectivity index (χ4n) is 1.71. The molecule has 2 unspecified atom stereocenters. The SMILES string of the molecule is CCC(C)C(NCc1ccc(Cl)cc1)C(=O)OC. The summed E-state index contributed by atoms with van der Waals surface area (Å²) in [6.45, 7) is 4.72. The van der Waals surface area contributed by atoms with Crippen LogP contribution in [0.2, 0.25) is 5.02 Å². The second kappa shape index (κ2) is 7.39. The predicted octanol–water partition coefficient (Wildman–Crippen LogP) is 3.02. The molecule has 0 aliphatic heterocycles. The average Bonchev–Trinajstić information content (AvgIpc) is 2.40. The van der Waals surface area contributed by atoms with Gasteiger partial charge in [0.25, 0.3) is 0 Å². The number of carbonyl (C=O) groups is 1. The van der Waals surface area contributed by atoms with Crippen molar-refractivity contribution in [2.45, 2.75) is 32.9 Å². The smallest absolute Gasteiger partial charge is 0.323 e. The predicted molar refractivity (Wildman–Crippen MR) is 73.6 cm³/mol. The highest BCUT2D eigenvalue weighted by Gasteiger charge is 2.23. The van der Waals surface area contributed by atoms with Crippen molar-refractivity contribution in [2.75, 3.05) is 7.11 Å². The zero-order valence-electron chi connectivity index (χ0n) is 11.1. The molecule has 0 radical (unpaired) electrons. The van der Waals surface area contributed by atoms with Crippen LogP contribution in [0.4, 0.5) is 0 Å². The summed E-state index contributed by atoms with van der Waals surface area (Å²) >= 11 is 5.83. The van der Waals surface area contributed by atoms with Gasteiger partial charge in [-0.1, -0.05) is 44.0 Å². The highest BCUT2D eigenvalue weighted by Crippen LogP contribution is 2.12. The molecule has 1 N–H and O–H groups in total. The maximum Gasteiger partial charge on any atom is 0.323 e. The molecule has 0 fully saturated rings. The highest BCUT2D eigenvalue weighted by molar-refractivity contribution is 6.30. The topological polar surface area (TPSA) is 38.3 Å². The number of rotatable bonds is 6. The largest absolute Gasteiger partial charge is 0.468 e. The lowest BCUT2D eigenvalue weighted by molar-refractivity contribution is -0.144. The Kier molecular flexibility index (Phi) is 6.16. The van der Waals surface area contributed by atoms with E-state index in [-0.39, 0.29) is 17.9 Å². The van der Waals surface area contributed by atoms with Gasteiger partial charge in [0.1, 0.15) is 6.04 Å². The van der Waals surface area contributed by atoms with Gasteiger partial charge in [-0.05, 0) is 23.6 Å². The lowest BCUT2D eigenvalue weighted by atomic mass is 9.99. The molecule has 1 aromatic carbocycles. The van der Waals surface area contributed by atoms with E-state index >= 15 is 0 Å². The van der Waals surface area contributed by atoms with Crippen molar-refractivity contribution in [3.63, 3.8) is 0 Å². The minimum atomic E-state index is -0.268. The van der Waals surface area contributed by atoms with Crippen molar-refractivity contribution in [1.82, 2.24) is 5.32 Å². The second-order valence-corrected chi connectivity index (χ2v) is 4.83. The van der Waals surface area contributed by atoms with Crippen molar-refractivity contribution in [2.24, 2.45) is 5.92 Å². The molecule has 0 aromatic heterocycles. The van der Waals surface area contributed by atoms with E-state index in [2.05, 4.69) is 12.2 Å². The normalized spacial score (nSPS) is 14.0. The van der Waals surface area contributed by atoms with Crippen LogP contribution >= 0.6 is 11.6 Å². The van der Waals surface area contributed by atoms with Crippen LogP contribution in [-0.2, 0) is 16.1 Å². The molecule has 3 nitrogen and oxygen atoms in total. The number of carbonyl (C=O) groups excluding carboxylic acids is 1. The summed E-state index contributed by atoms with van der Waals surface area (Å²) in [5, 5.41) is 3.95. The summed E-state index contributed by atoms with van der Waals surface area (Å²) in [6.07, 6.45) is 0.924. The summed E-state index contributed by atoms with van der Waals surface area (Å²) in [5.74, 6) is 0.0306. The van der Waals surface area contributed by atoms with E-state index in [1.54, 1.807) is 0 Å². The Balaban J connectivity index is 2.61. The van der Waals surface area contributed by atoms with E-state index in [0.29, 0.717) is 11.6 Å². The number of hydrogen-bond donors (Lipinski definition) is 1. The lowest BCUT2D eigenvalue weighted by Gasteiger charge is -2.21. The van der Waals surface area contributed by atoms with Gasteiger partial charge in [-0.2, -0.15) is 0 Å². The summed E-state index contributed by atoms with van der Waals surface area (Å²) in [4.78, 5) is 11.7. The van der Waals surface area contributed by atoms with E-state index < -0.39 is 0 Å². The van der Waals surface area contributed by atoms with E-state index in [1.165, 1.54) is 7.11 Å². The Labute approximate surface area is 113 Å². The summed E-state index contributed by atoms with van der Waals surface area (Å²) < 4.78 is 4.82. The lowest BCUT2D eigenvalue weighted by Crippen LogP contribution is -2.42. The molecule has 100 valence electrons. The fourth-order valence-corrected chi connectivity index (χ4v) is 1.84. The zero-order chi connectivity index (χ0) is 13.5. The number of hydrogen-bond acceptors (Lipinski definition) is 3. The van der Waals surface area contributed by atoms with Crippen LogP contribution in [0.3, 0.4) is 0 Å². The first-order valence-corrected chi connectivity index (χ1v) is 6.52. The minimum Gasteiger partial charge on any atom is -0.468 e. The molecule has 0 bridgehead atoms. The third-order valence-corrected chi connectivity index (χ3v) is 3.36. The zero-order valence-corrected chi connectivity index (χ0v) is 11.8. The average molecular weight is 270 g/mol. The molecule has 0 saturated carbocycles. The molecule has 0 aliphatic rings. The second-order valence-electron chi connectivity index (χ2n) is 4.39. The maximum absolute atomic E-state index is 11.7. The molecule has 0 spiro atoms. The molecular formula is C14H20ClNO2. The summed E-state index contributed by atoms with van der Waals surface area (Å²) in [5.41, 5.74) is 1.09. The van der Waals surface area contributed by atoms with Gasteiger partial charge in [-0.25, -0.2) is 0 Å². The molecule has 0 saturated heterocycles. The van der Waals surface area contributed by atoms with Crippen LogP contribution in [0.1, 0.15) is 25.8 Å². The third-order valence-electron chi connectivity index (χ3n) is 3.11. The Morgan fingerprint density at radius 2 is 2.00 bits per heavy atom. The van der Waals surface area contributed by atoms with Gasteiger partial charge in [0, 0.05) is 11.6 Å². The first-order chi connectivity index (χ1) is 8.58. The number of methoxy groups -OCH3 is 1. The van der Waals surface area contributed by atoms with Gasteiger partial charge in [-0.3, -0.25) is 4.79 Å². The van der Waals surface area contributed by atoms with Crippen LogP contribution in [0.25, 0.3) is 0 Å². The van der Waals surface area contributed by atoms with Crippen LogP contribution in [-0.4, -0.2) is 19.1 Å². The Hall–Kier alpha value is -1.06. The molecule has 4 heteroatoms. The van der Waals surface area contributed by atoms with Crippen molar-refractivity contribution in [1.29, 1.82) is 0 Å².